The largest absolute Gasteiger partial charge is 0.294 e. The van der Waals surface area contributed by atoms with Gasteiger partial charge in [-0.1, -0.05) is 42.5 Å². The summed E-state index contributed by atoms with van der Waals surface area (Å²) >= 11 is 0. The highest BCUT2D eigenvalue weighted by atomic mass is 16.1. The Balaban J connectivity index is 2.93. The molecule has 0 heterocycles. The van der Waals surface area contributed by atoms with Crippen molar-refractivity contribution < 1.29 is 4.79 Å². The Morgan fingerprint density at radius 2 is 2.00 bits per heavy atom. The van der Waals surface area contributed by atoms with Gasteiger partial charge in [0, 0.05) is 0 Å². The Morgan fingerprint density at radius 1 is 1.36 bits per heavy atom. The molecule has 0 aromatic heterocycles. The van der Waals surface area contributed by atoms with E-state index in [1.54, 1.807) is 18.2 Å². The zero-order chi connectivity index (χ0) is 10.4. The van der Waals surface area contributed by atoms with Gasteiger partial charge in [-0.3, -0.25) is 4.79 Å². The van der Waals surface area contributed by atoms with Gasteiger partial charge in [0.05, 0.1) is 5.92 Å². The highest BCUT2D eigenvalue weighted by molar-refractivity contribution is 5.96. The molecule has 14 heavy (non-hydrogen) atoms. The molecular weight excluding hydrogens is 172 g/mol. The first-order valence-corrected chi connectivity index (χ1v) is 4.63. The molecule has 1 aromatic carbocycles. The van der Waals surface area contributed by atoms with Crippen LogP contribution in [0.25, 0.3) is 0 Å². The van der Waals surface area contributed by atoms with Crippen molar-refractivity contribution in [1.29, 1.82) is 0 Å². The summed E-state index contributed by atoms with van der Waals surface area (Å²) in [5.41, 5.74) is 0.991. The lowest BCUT2D eigenvalue weighted by Crippen LogP contribution is -2.06. The zero-order valence-electron chi connectivity index (χ0n) is 8.31. The van der Waals surface area contributed by atoms with E-state index in [1.165, 1.54) is 0 Å². The van der Waals surface area contributed by atoms with E-state index in [4.69, 9.17) is 0 Å². The first-order valence-electron chi connectivity index (χ1n) is 4.63. The summed E-state index contributed by atoms with van der Waals surface area (Å²) in [5, 5.41) is 0. The van der Waals surface area contributed by atoms with Crippen LogP contribution in [0.15, 0.2) is 55.1 Å². The lowest BCUT2D eigenvalue weighted by Gasteiger charge is -2.08. The number of hydrogen-bond donors (Lipinski definition) is 0. The second-order valence-electron chi connectivity index (χ2n) is 3.03. The summed E-state index contributed by atoms with van der Waals surface area (Å²) in [6.45, 7) is 5.52. The molecule has 0 aliphatic heterocycles. The first kappa shape index (κ1) is 10.5. The van der Waals surface area contributed by atoms with Crippen molar-refractivity contribution in [3.05, 3.63) is 60.7 Å². The van der Waals surface area contributed by atoms with E-state index in [0.717, 1.165) is 5.56 Å². The number of carbonyl (C=O) groups is 1. The van der Waals surface area contributed by atoms with Crippen molar-refractivity contribution in [2.45, 2.75) is 12.8 Å². The lowest BCUT2D eigenvalue weighted by atomic mass is 9.95. The van der Waals surface area contributed by atoms with Crippen molar-refractivity contribution in [2.24, 2.45) is 0 Å². The van der Waals surface area contributed by atoms with Gasteiger partial charge in [-0.15, -0.1) is 6.58 Å². The number of benzene rings is 1. The summed E-state index contributed by atoms with van der Waals surface area (Å²) in [6, 6.07) is 9.66. The minimum Gasteiger partial charge on any atom is -0.294 e. The molecule has 1 heteroatoms. The van der Waals surface area contributed by atoms with Gasteiger partial charge in [-0.25, -0.2) is 0 Å². The Kier molecular flexibility index (Phi) is 3.86. The standard InChI is InChI=1S/C13H14O/c1-3-8-13(14)12(4-2)11-9-6-5-7-10-11/h3-10,12H,2H2,1H3/b8-3+. The predicted molar refractivity (Wildman–Crippen MR) is 59.2 cm³/mol. The SMILES string of the molecule is C=CC(C(=O)/C=C/C)c1ccccc1. The smallest absolute Gasteiger partial charge is 0.166 e. The molecule has 0 aliphatic rings. The van der Waals surface area contributed by atoms with E-state index in [2.05, 4.69) is 6.58 Å². The maximum absolute atomic E-state index is 11.6. The summed E-state index contributed by atoms with van der Waals surface area (Å²) in [5.74, 6) is -0.138. The molecule has 1 rings (SSSR count). The third-order valence-corrected chi connectivity index (χ3v) is 2.03. The van der Waals surface area contributed by atoms with Crippen molar-refractivity contribution in [2.75, 3.05) is 0 Å². The predicted octanol–water partition coefficient (Wildman–Crippen LogP) is 3.10. The topological polar surface area (TPSA) is 17.1 Å². The molecule has 1 atom stereocenters. The second-order valence-corrected chi connectivity index (χ2v) is 3.03. The van der Waals surface area contributed by atoms with Crippen molar-refractivity contribution in [3.63, 3.8) is 0 Å². The zero-order valence-corrected chi connectivity index (χ0v) is 8.31. The first-order chi connectivity index (χ1) is 6.79. The van der Waals surface area contributed by atoms with Gasteiger partial charge >= 0.3 is 0 Å². The van der Waals surface area contributed by atoms with Gasteiger partial charge in [-0.05, 0) is 18.6 Å². The minimum atomic E-state index is -0.215. The van der Waals surface area contributed by atoms with Crippen molar-refractivity contribution in [1.82, 2.24) is 0 Å². The number of hydrogen-bond acceptors (Lipinski definition) is 1. The molecule has 72 valence electrons. The van der Waals surface area contributed by atoms with Crippen LogP contribution in [0.1, 0.15) is 18.4 Å². The van der Waals surface area contributed by atoms with E-state index in [0.29, 0.717) is 0 Å². The van der Waals surface area contributed by atoms with Crippen LogP contribution in [0.5, 0.6) is 0 Å². The molecule has 1 nitrogen and oxygen atoms in total. The van der Waals surface area contributed by atoms with Gasteiger partial charge in [0.2, 0.25) is 0 Å². The van der Waals surface area contributed by atoms with E-state index >= 15 is 0 Å². The molecule has 1 aromatic rings. The molecular formula is C13H14O. The Bertz CT molecular complexity index is 336. The number of allylic oxidation sites excluding steroid dienone is 3. The molecule has 0 saturated heterocycles. The maximum atomic E-state index is 11.6. The van der Waals surface area contributed by atoms with Gasteiger partial charge < -0.3 is 0 Å². The number of carbonyl (C=O) groups excluding carboxylic acids is 1. The van der Waals surface area contributed by atoms with E-state index in [-0.39, 0.29) is 11.7 Å². The second kappa shape index (κ2) is 5.18. The number of rotatable bonds is 4. The van der Waals surface area contributed by atoms with Crippen LogP contribution < -0.4 is 0 Å². The van der Waals surface area contributed by atoms with E-state index in [9.17, 15) is 4.79 Å². The number of ketones is 1. The monoisotopic (exact) mass is 186 g/mol. The third kappa shape index (κ3) is 2.43. The molecule has 1 unspecified atom stereocenters. The Hall–Kier alpha value is -1.63. The molecule has 0 N–H and O–H groups in total. The van der Waals surface area contributed by atoms with Crippen LogP contribution in [0.4, 0.5) is 0 Å². The third-order valence-electron chi connectivity index (χ3n) is 2.03. The van der Waals surface area contributed by atoms with Crippen molar-refractivity contribution in [3.8, 4) is 0 Å². The van der Waals surface area contributed by atoms with Gasteiger partial charge in [0.25, 0.3) is 0 Å². The van der Waals surface area contributed by atoms with Crippen molar-refractivity contribution >= 4 is 5.78 Å². The van der Waals surface area contributed by atoms with Crippen LogP contribution in [0, 0.1) is 0 Å². The molecule has 0 radical (unpaired) electrons. The minimum absolute atomic E-state index is 0.0775. The Morgan fingerprint density at radius 3 is 2.50 bits per heavy atom. The summed E-state index contributed by atoms with van der Waals surface area (Å²) in [6.07, 6.45) is 5.01. The maximum Gasteiger partial charge on any atom is 0.166 e. The normalized spacial score (nSPS) is 12.6. The fraction of sp³-hybridized carbons (Fsp3) is 0.154. The van der Waals surface area contributed by atoms with E-state index < -0.39 is 0 Å². The molecule has 0 spiro atoms. The molecule has 0 fully saturated rings. The summed E-state index contributed by atoms with van der Waals surface area (Å²) in [4.78, 5) is 11.6. The van der Waals surface area contributed by atoms with Crippen LogP contribution in [0.2, 0.25) is 0 Å². The molecule has 0 aliphatic carbocycles. The molecule has 0 saturated carbocycles. The quantitative estimate of drug-likeness (QED) is 0.521. The van der Waals surface area contributed by atoms with Crippen LogP contribution in [-0.4, -0.2) is 5.78 Å². The van der Waals surface area contributed by atoms with E-state index in [1.807, 2.05) is 37.3 Å². The summed E-state index contributed by atoms with van der Waals surface area (Å²) in [7, 11) is 0. The fourth-order valence-electron chi connectivity index (χ4n) is 1.34. The van der Waals surface area contributed by atoms with Crippen LogP contribution >= 0.6 is 0 Å². The lowest BCUT2D eigenvalue weighted by molar-refractivity contribution is -0.115. The molecule has 0 amide bonds. The molecule has 0 bridgehead atoms. The highest BCUT2D eigenvalue weighted by Crippen LogP contribution is 2.17. The van der Waals surface area contributed by atoms with Crippen LogP contribution in [0.3, 0.4) is 0 Å². The summed E-state index contributed by atoms with van der Waals surface area (Å²) < 4.78 is 0. The van der Waals surface area contributed by atoms with Gasteiger partial charge in [0.15, 0.2) is 5.78 Å². The Labute approximate surface area is 84.8 Å². The fourth-order valence-corrected chi connectivity index (χ4v) is 1.34. The average Bonchev–Trinajstić information content (AvgIpc) is 2.21. The van der Waals surface area contributed by atoms with Gasteiger partial charge in [-0.2, -0.15) is 0 Å². The highest BCUT2D eigenvalue weighted by Gasteiger charge is 2.13. The van der Waals surface area contributed by atoms with Gasteiger partial charge in [0.1, 0.15) is 0 Å². The average molecular weight is 186 g/mol. The van der Waals surface area contributed by atoms with Crippen LogP contribution in [-0.2, 0) is 4.79 Å².